The Morgan fingerprint density at radius 1 is 1.43 bits per heavy atom. The lowest BCUT2D eigenvalue weighted by atomic mass is 9.78. The molecular formula is C16H24FN3O. The second kappa shape index (κ2) is 6.89. The molecule has 1 saturated carbocycles. The summed E-state index contributed by atoms with van der Waals surface area (Å²) in [4.78, 5) is 0. The molecule has 0 heterocycles. The molecule has 116 valence electrons. The second-order valence-corrected chi connectivity index (χ2v) is 6.02. The summed E-state index contributed by atoms with van der Waals surface area (Å²) in [6.45, 7) is 4.99. The Kier molecular flexibility index (Phi) is 5.17. The smallest absolute Gasteiger partial charge is 0.173 e. The van der Waals surface area contributed by atoms with Gasteiger partial charge in [-0.25, -0.2) is 4.39 Å². The van der Waals surface area contributed by atoms with Gasteiger partial charge in [0.05, 0.1) is 5.56 Å². The molecule has 0 bridgehead atoms. The van der Waals surface area contributed by atoms with Gasteiger partial charge in [0.2, 0.25) is 0 Å². The minimum absolute atomic E-state index is 0.141. The van der Waals surface area contributed by atoms with Crippen LogP contribution in [-0.2, 0) is 6.54 Å². The quantitative estimate of drug-likeness (QED) is 0.346. The van der Waals surface area contributed by atoms with Gasteiger partial charge in [-0.05, 0) is 24.3 Å². The van der Waals surface area contributed by atoms with Crippen LogP contribution < -0.4 is 11.1 Å². The number of hydrogen-bond donors (Lipinski definition) is 3. The van der Waals surface area contributed by atoms with Gasteiger partial charge in [0.25, 0.3) is 0 Å². The molecule has 1 aromatic rings. The lowest BCUT2D eigenvalue weighted by Crippen LogP contribution is -2.40. The van der Waals surface area contributed by atoms with Crippen LogP contribution in [-0.4, -0.2) is 17.1 Å². The molecule has 0 radical (unpaired) electrons. The molecule has 1 fully saturated rings. The van der Waals surface area contributed by atoms with Gasteiger partial charge in [-0.2, -0.15) is 0 Å². The molecule has 1 aliphatic carbocycles. The molecule has 2 rings (SSSR count). The van der Waals surface area contributed by atoms with Crippen molar-refractivity contribution in [3.63, 3.8) is 0 Å². The Labute approximate surface area is 125 Å². The normalized spacial score (nSPS) is 26.8. The third-order valence-corrected chi connectivity index (χ3v) is 4.72. The summed E-state index contributed by atoms with van der Waals surface area (Å²) in [5.74, 6) is 0.671. The van der Waals surface area contributed by atoms with E-state index in [0.717, 1.165) is 6.42 Å². The highest BCUT2D eigenvalue weighted by atomic mass is 19.1. The topological polar surface area (TPSA) is 70.6 Å². The number of amidine groups is 1. The molecule has 0 aliphatic heterocycles. The first-order chi connectivity index (χ1) is 10.0. The number of nitrogens with one attached hydrogen (secondary N) is 1. The van der Waals surface area contributed by atoms with Crippen molar-refractivity contribution in [1.29, 1.82) is 0 Å². The molecular weight excluding hydrogens is 269 g/mol. The number of halogens is 1. The molecule has 1 aliphatic rings. The van der Waals surface area contributed by atoms with Crippen LogP contribution in [0.4, 0.5) is 4.39 Å². The summed E-state index contributed by atoms with van der Waals surface area (Å²) in [6.07, 6.45) is 3.62. The number of oxime groups is 1. The lowest BCUT2D eigenvalue weighted by Gasteiger charge is -2.34. The van der Waals surface area contributed by atoms with E-state index in [1.165, 1.54) is 18.9 Å². The van der Waals surface area contributed by atoms with E-state index in [0.29, 0.717) is 30.0 Å². The molecule has 4 N–H and O–H groups in total. The lowest BCUT2D eigenvalue weighted by molar-refractivity contribution is 0.205. The second-order valence-electron chi connectivity index (χ2n) is 6.02. The number of benzene rings is 1. The summed E-state index contributed by atoms with van der Waals surface area (Å²) in [5.41, 5.74) is 6.17. The predicted molar refractivity (Wildman–Crippen MR) is 81.7 cm³/mol. The van der Waals surface area contributed by atoms with Crippen molar-refractivity contribution in [3.05, 3.63) is 35.1 Å². The zero-order chi connectivity index (χ0) is 15.4. The minimum atomic E-state index is -0.420. The van der Waals surface area contributed by atoms with Crippen molar-refractivity contribution in [2.75, 3.05) is 0 Å². The van der Waals surface area contributed by atoms with E-state index >= 15 is 0 Å². The number of rotatable bonds is 4. The zero-order valence-electron chi connectivity index (χ0n) is 12.6. The van der Waals surface area contributed by atoms with Gasteiger partial charge >= 0.3 is 0 Å². The molecule has 0 aromatic heterocycles. The average molecular weight is 293 g/mol. The third kappa shape index (κ3) is 3.53. The van der Waals surface area contributed by atoms with Crippen LogP contribution in [0.3, 0.4) is 0 Å². The summed E-state index contributed by atoms with van der Waals surface area (Å²) < 4.78 is 14.3. The zero-order valence-corrected chi connectivity index (χ0v) is 12.6. The summed E-state index contributed by atoms with van der Waals surface area (Å²) in [6, 6.07) is 5.38. The van der Waals surface area contributed by atoms with Gasteiger partial charge in [0.1, 0.15) is 5.82 Å². The molecule has 0 saturated heterocycles. The monoisotopic (exact) mass is 293 g/mol. The fourth-order valence-electron chi connectivity index (χ4n) is 3.08. The molecule has 1 aromatic carbocycles. The Balaban J connectivity index is 2.07. The van der Waals surface area contributed by atoms with Crippen LogP contribution in [0.5, 0.6) is 0 Å². The van der Waals surface area contributed by atoms with Crippen molar-refractivity contribution in [2.45, 2.75) is 45.7 Å². The van der Waals surface area contributed by atoms with Gasteiger partial charge in [-0.1, -0.05) is 44.0 Å². The largest absolute Gasteiger partial charge is 0.409 e. The fraction of sp³-hybridized carbons (Fsp3) is 0.562. The van der Waals surface area contributed by atoms with E-state index in [1.54, 1.807) is 12.1 Å². The van der Waals surface area contributed by atoms with E-state index < -0.39 is 5.82 Å². The van der Waals surface area contributed by atoms with E-state index in [-0.39, 0.29) is 11.4 Å². The van der Waals surface area contributed by atoms with Gasteiger partial charge in [0, 0.05) is 18.2 Å². The number of nitrogens with zero attached hydrogens (tertiary/aromatic N) is 1. The molecule has 3 atom stereocenters. The molecule has 0 spiro atoms. The highest BCUT2D eigenvalue weighted by Gasteiger charge is 2.26. The SMILES string of the molecule is CC1CCCC(NCc2cccc(/C(N)=N/O)c2F)C1C. The van der Waals surface area contributed by atoms with E-state index in [1.807, 2.05) is 0 Å². The predicted octanol–water partition coefficient (Wildman–Crippen LogP) is 2.83. The highest BCUT2D eigenvalue weighted by molar-refractivity contribution is 5.97. The van der Waals surface area contributed by atoms with Crippen LogP contribution in [0.2, 0.25) is 0 Å². The molecule has 21 heavy (non-hydrogen) atoms. The van der Waals surface area contributed by atoms with Crippen molar-refractivity contribution >= 4 is 5.84 Å². The standard InChI is InChI=1S/C16H24FN3O/c1-10-5-3-8-14(11(10)2)19-9-12-6-4-7-13(15(12)17)16(18)20-21/h4,6-7,10-11,14,19,21H,3,5,8-9H2,1-2H3,(H2,18,20). The summed E-state index contributed by atoms with van der Waals surface area (Å²) in [5, 5.41) is 15.0. The fourth-order valence-corrected chi connectivity index (χ4v) is 3.08. The van der Waals surface area contributed by atoms with E-state index in [2.05, 4.69) is 24.3 Å². The van der Waals surface area contributed by atoms with Gasteiger partial charge in [-0.3, -0.25) is 0 Å². The maximum atomic E-state index is 14.3. The number of nitrogens with two attached hydrogens (primary N) is 1. The molecule has 0 amide bonds. The Morgan fingerprint density at radius 2 is 2.19 bits per heavy atom. The first-order valence-electron chi connectivity index (χ1n) is 7.53. The van der Waals surface area contributed by atoms with E-state index in [9.17, 15) is 4.39 Å². The minimum Gasteiger partial charge on any atom is -0.409 e. The Bertz CT molecular complexity index is 518. The van der Waals surface area contributed by atoms with Crippen LogP contribution in [0.15, 0.2) is 23.4 Å². The first kappa shape index (κ1) is 15.8. The third-order valence-electron chi connectivity index (χ3n) is 4.72. The van der Waals surface area contributed by atoms with Crippen molar-refractivity contribution in [3.8, 4) is 0 Å². The van der Waals surface area contributed by atoms with Gasteiger partial charge in [-0.15, -0.1) is 0 Å². The van der Waals surface area contributed by atoms with Gasteiger partial charge < -0.3 is 16.3 Å². The average Bonchev–Trinajstić information content (AvgIpc) is 2.49. The molecule has 3 unspecified atom stereocenters. The molecule has 5 heteroatoms. The highest BCUT2D eigenvalue weighted by Crippen LogP contribution is 2.29. The first-order valence-corrected chi connectivity index (χ1v) is 7.53. The maximum Gasteiger partial charge on any atom is 0.173 e. The van der Waals surface area contributed by atoms with Gasteiger partial charge in [0.15, 0.2) is 5.84 Å². The van der Waals surface area contributed by atoms with E-state index in [4.69, 9.17) is 10.9 Å². The maximum absolute atomic E-state index is 14.3. The Morgan fingerprint density at radius 3 is 2.90 bits per heavy atom. The van der Waals surface area contributed by atoms with Crippen molar-refractivity contribution in [2.24, 2.45) is 22.7 Å². The van der Waals surface area contributed by atoms with Crippen molar-refractivity contribution in [1.82, 2.24) is 5.32 Å². The summed E-state index contributed by atoms with van der Waals surface area (Å²) in [7, 11) is 0. The van der Waals surface area contributed by atoms with Crippen LogP contribution >= 0.6 is 0 Å². The Hall–Kier alpha value is -1.62. The molecule has 4 nitrogen and oxygen atoms in total. The van der Waals surface area contributed by atoms with Crippen LogP contribution in [0, 0.1) is 17.7 Å². The van der Waals surface area contributed by atoms with Crippen LogP contribution in [0.1, 0.15) is 44.2 Å². The van der Waals surface area contributed by atoms with Crippen molar-refractivity contribution < 1.29 is 9.60 Å². The number of hydrogen-bond acceptors (Lipinski definition) is 3. The van der Waals surface area contributed by atoms with Crippen LogP contribution in [0.25, 0.3) is 0 Å². The summed E-state index contributed by atoms with van der Waals surface area (Å²) >= 11 is 0.